The third-order valence-electron chi connectivity index (χ3n) is 3.11. The molecule has 3 heteroatoms. The van der Waals surface area contributed by atoms with E-state index in [4.69, 9.17) is 0 Å². The average molecular weight is 255 g/mol. The van der Waals surface area contributed by atoms with Gasteiger partial charge in [0, 0.05) is 19.5 Å². The van der Waals surface area contributed by atoms with Gasteiger partial charge in [0.15, 0.2) is 0 Å². The first kappa shape index (κ1) is 13.6. The fourth-order valence-corrected chi connectivity index (χ4v) is 2.03. The van der Waals surface area contributed by atoms with Crippen molar-refractivity contribution in [1.29, 1.82) is 0 Å². The first-order valence-electron chi connectivity index (χ1n) is 7.14. The number of benzene rings is 1. The minimum atomic E-state index is 0.872. The number of nitrogens with zero attached hydrogens (tertiary/aromatic N) is 3. The number of hydrogen-bond donors (Lipinski definition) is 0. The van der Waals surface area contributed by atoms with E-state index >= 15 is 0 Å². The van der Waals surface area contributed by atoms with Crippen LogP contribution in [0.3, 0.4) is 0 Å². The molecule has 0 radical (unpaired) electrons. The van der Waals surface area contributed by atoms with Gasteiger partial charge in [0.05, 0.1) is 5.56 Å². The van der Waals surface area contributed by atoms with Gasteiger partial charge in [0.2, 0.25) is 0 Å². The van der Waals surface area contributed by atoms with Gasteiger partial charge in [-0.05, 0) is 37.8 Å². The molecule has 1 aromatic carbocycles. The summed E-state index contributed by atoms with van der Waals surface area (Å²) >= 11 is 0. The second-order valence-electron chi connectivity index (χ2n) is 4.77. The van der Waals surface area contributed by atoms with Crippen LogP contribution in [-0.4, -0.2) is 18.1 Å². The number of hydrogen-bond acceptors (Lipinski definition) is 2. The third-order valence-corrected chi connectivity index (χ3v) is 3.11. The number of rotatable bonds is 3. The summed E-state index contributed by atoms with van der Waals surface area (Å²) in [6.07, 6.45) is 5.76. The molecular formula is C16H21N3. The van der Waals surface area contributed by atoms with E-state index in [0.717, 1.165) is 37.2 Å². The second-order valence-corrected chi connectivity index (χ2v) is 4.77. The molecule has 19 heavy (non-hydrogen) atoms. The fraction of sp³-hybridized carbons (Fsp3) is 0.500. The topological polar surface area (TPSA) is 28.0 Å². The summed E-state index contributed by atoms with van der Waals surface area (Å²) in [5, 5.41) is 10.7. The Kier molecular flexibility index (Phi) is 5.43. The van der Waals surface area contributed by atoms with Gasteiger partial charge in [-0.3, -0.25) is 5.01 Å². The molecule has 1 heterocycles. The highest BCUT2D eigenvalue weighted by molar-refractivity contribution is 5.54. The third kappa shape index (κ3) is 4.40. The molecule has 1 aliphatic rings. The molecule has 0 amide bonds. The molecule has 0 aliphatic carbocycles. The maximum absolute atomic E-state index is 4.36. The first-order valence-corrected chi connectivity index (χ1v) is 7.14. The van der Waals surface area contributed by atoms with Crippen molar-refractivity contribution < 1.29 is 0 Å². The molecule has 3 nitrogen and oxygen atoms in total. The Morgan fingerprint density at radius 3 is 2.74 bits per heavy atom. The van der Waals surface area contributed by atoms with Gasteiger partial charge >= 0.3 is 0 Å². The van der Waals surface area contributed by atoms with Crippen LogP contribution < -0.4 is 0 Å². The predicted octanol–water partition coefficient (Wildman–Crippen LogP) is 4.32. The summed E-state index contributed by atoms with van der Waals surface area (Å²) in [6, 6.07) is 7.96. The van der Waals surface area contributed by atoms with E-state index in [1.807, 2.05) is 24.3 Å². The van der Waals surface area contributed by atoms with Gasteiger partial charge in [0.25, 0.3) is 0 Å². The van der Waals surface area contributed by atoms with Crippen molar-refractivity contribution >= 4 is 5.69 Å². The van der Waals surface area contributed by atoms with Crippen LogP contribution in [-0.2, 0) is 0 Å². The van der Waals surface area contributed by atoms with Crippen LogP contribution in [0.1, 0.15) is 44.6 Å². The molecule has 0 spiro atoms. The van der Waals surface area contributed by atoms with Crippen molar-refractivity contribution in [3.05, 3.63) is 29.8 Å². The smallest absolute Gasteiger partial charge is 0.103 e. The molecule has 0 aromatic heterocycles. The summed E-state index contributed by atoms with van der Waals surface area (Å²) in [7, 11) is 0. The van der Waals surface area contributed by atoms with E-state index in [2.05, 4.69) is 34.1 Å². The molecule has 1 saturated heterocycles. The van der Waals surface area contributed by atoms with Crippen LogP contribution in [0.15, 0.2) is 34.6 Å². The average Bonchev–Trinajstić information content (AvgIpc) is 2.48. The highest BCUT2D eigenvalue weighted by atomic mass is 15.5. The molecule has 0 unspecified atom stereocenters. The van der Waals surface area contributed by atoms with Crippen molar-refractivity contribution in [3.8, 4) is 11.8 Å². The number of piperidine rings is 1. The van der Waals surface area contributed by atoms with E-state index in [1.165, 1.54) is 19.3 Å². The van der Waals surface area contributed by atoms with Gasteiger partial charge in [-0.15, -0.1) is 5.11 Å². The molecule has 2 rings (SSSR count). The largest absolute Gasteiger partial charge is 0.278 e. The lowest BCUT2D eigenvalue weighted by Gasteiger charge is -2.21. The van der Waals surface area contributed by atoms with Gasteiger partial charge in [-0.1, -0.05) is 36.1 Å². The Labute approximate surface area is 115 Å². The van der Waals surface area contributed by atoms with Gasteiger partial charge < -0.3 is 0 Å². The van der Waals surface area contributed by atoms with Crippen molar-refractivity contribution in [2.75, 3.05) is 13.1 Å². The minimum Gasteiger partial charge on any atom is -0.278 e. The lowest BCUT2D eigenvalue weighted by molar-refractivity contribution is 0.224. The standard InChI is InChI=1S/C16H21N3/c1-2-3-5-10-15-11-6-7-12-16(15)17-18-19-13-8-4-9-14-19/h6-7,11-12H,2-4,8-9,13-14H2,1H3. The summed E-state index contributed by atoms with van der Waals surface area (Å²) in [5.41, 5.74) is 1.84. The van der Waals surface area contributed by atoms with Crippen LogP contribution in [0.25, 0.3) is 0 Å². The van der Waals surface area contributed by atoms with Crippen molar-refractivity contribution in [2.45, 2.75) is 39.0 Å². The van der Waals surface area contributed by atoms with Crippen LogP contribution in [0.2, 0.25) is 0 Å². The first-order chi connectivity index (χ1) is 9.40. The predicted molar refractivity (Wildman–Crippen MR) is 78.2 cm³/mol. The zero-order chi connectivity index (χ0) is 13.3. The van der Waals surface area contributed by atoms with Gasteiger partial charge in [-0.2, -0.15) is 0 Å². The summed E-state index contributed by atoms with van der Waals surface area (Å²) in [4.78, 5) is 0. The maximum atomic E-state index is 4.36. The monoisotopic (exact) mass is 255 g/mol. The Hall–Kier alpha value is -1.82. The Bertz CT molecular complexity index is 476. The molecule has 1 aromatic rings. The molecule has 0 saturated carbocycles. The van der Waals surface area contributed by atoms with Crippen LogP contribution >= 0.6 is 0 Å². The Balaban J connectivity index is 2.07. The maximum Gasteiger partial charge on any atom is 0.103 e. The zero-order valence-electron chi connectivity index (χ0n) is 11.6. The van der Waals surface area contributed by atoms with Crippen LogP contribution in [0, 0.1) is 11.8 Å². The number of unbranched alkanes of at least 4 members (excludes halogenated alkanes) is 1. The van der Waals surface area contributed by atoms with Crippen molar-refractivity contribution in [2.24, 2.45) is 10.3 Å². The Morgan fingerprint density at radius 2 is 1.95 bits per heavy atom. The van der Waals surface area contributed by atoms with E-state index in [-0.39, 0.29) is 0 Å². The SMILES string of the molecule is CCCC#Cc1ccccc1N=NN1CCCCC1. The summed E-state index contributed by atoms with van der Waals surface area (Å²) < 4.78 is 0. The second kappa shape index (κ2) is 7.58. The molecule has 1 fully saturated rings. The highest BCUT2D eigenvalue weighted by Crippen LogP contribution is 2.19. The van der Waals surface area contributed by atoms with E-state index in [9.17, 15) is 0 Å². The van der Waals surface area contributed by atoms with Gasteiger partial charge in [0.1, 0.15) is 5.69 Å². The minimum absolute atomic E-state index is 0.872. The Morgan fingerprint density at radius 1 is 1.16 bits per heavy atom. The zero-order valence-corrected chi connectivity index (χ0v) is 11.6. The molecule has 0 atom stereocenters. The lowest BCUT2D eigenvalue weighted by Crippen LogP contribution is -2.23. The molecule has 1 aliphatic heterocycles. The van der Waals surface area contributed by atoms with Crippen molar-refractivity contribution in [3.63, 3.8) is 0 Å². The fourth-order valence-electron chi connectivity index (χ4n) is 2.03. The quantitative estimate of drug-likeness (QED) is 0.584. The molecular weight excluding hydrogens is 234 g/mol. The highest BCUT2D eigenvalue weighted by Gasteiger charge is 2.07. The van der Waals surface area contributed by atoms with Gasteiger partial charge in [-0.25, -0.2) is 0 Å². The van der Waals surface area contributed by atoms with E-state index in [0.29, 0.717) is 0 Å². The van der Waals surface area contributed by atoms with E-state index in [1.54, 1.807) is 0 Å². The van der Waals surface area contributed by atoms with E-state index < -0.39 is 0 Å². The normalized spacial score (nSPS) is 15.3. The lowest BCUT2D eigenvalue weighted by atomic mass is 10.2. The summed E-state index contributed by atoms with van der Waals surface area (Å²) in [5.74, 6) is 6.34. The summed E-state index contributed by atoms with van der Waals surface area (Å²) in [6.45, 7) is 4.18. The van der Waals surface area contributed by atoms with Crippen LogP contribution in [0.5, 0.6) is 0 Å². The van der Waals surface area contributed by atoms with Crippen LogP contribution in [0.4, 0.5) is 5.69 Å². The molecule has 0 bridgehead atoms. The molecule has 0 N–H and O–H groups in total. The molecule has 100 valence electrons. The van der Waals surface area contributed by atoms with Crippen molar-refractivity contribution in [1.82, 2.24) is 5.01 Å².